The molecule has 21 heteroatoms. The molecule has 3 aromatic carbocycles. The van der Waals surface area contributed by atoms with Crippen LogP contribution in [-0.4, -0.2) is 34.7 Å². The van der Waals surface area contributed by atoms with Gasteiger partial charge < -0.3 is 69.1 Å². The van der Waals surface area contributed by atoms with Crippen molar-refractivity contribution in [3.05, 3.63) is 91.0 Å². The smallest absolute Gasteiger partial charge is 0.418 e. The second-order valence-corrected chi connectivity index (χ2v) is 11.7. The minimum atomic E-state index is -6.00. The monoisotopic (exact) mass is 651 g/mol. The number of halogens is 16. The van der Waals surface area contributed by atoms with Gasteiger partial charge in [-0.05, 0) is 49.2 Å². The summed E-state index contributed by atoms with van der Waals surface area (Å²) in [6.07, 6.45) is 2.71. The van der Waals surface area contributed by atoms with Gasteiger partial charge in [0.2, 0.25) is 0 Å². The van der Waals surface area contributed by atoms with E-state index in [0.717, 1.165) is 5.66 Å². The second-order valence-electron chi connectivity index (χ2n) is 7.94. The van der Waals surface area contributed by atoms with E-state index in [1.54, 1.807) is 0 Å². The maximum absolute atomic E-state index is 9.75. The SMILES string of the molecule is F[B-](F)(F)F.F[B-](F)(F)F.F[B-](F)(F)F.F[B-](F)(F)F.c1ccc([P+](c2ccccc2)(c2ccccc2)C2CC2)cc1. The number of benzene rings is 3. The first-order chi connectivity index (χ1) is 18.9. The summed E-state index contributed by atoms with van der Waals surface area (Å²) in [6.45, 7) is 0. The Labute approximate surface area is 231 Å². The Morgan fingerprint density at radius 2 is 0.524 bits per heavy atom. The summed E-state index contributed by atoms with van der Waals surface area (Å²) in [5.74, 6) is 0. The van der Waals surface area contributed by atoms with Crippen LogP contribution in [0.1, 0.15) is 12.8 Å². The first-order valence-corrected chi connectivity index (χ1v) is 13.3. The van der Waals surface area contributed by atoms with Crippen LogP contribution in [0.3, 0.4) is 0 Å². The Hall–Kier alpha value is -2.77. The van der Waals surface area contributed by atoms with Gasteiger partial charge in [0.05, 0.1) is 5.66 Å². The van der Waals surface area contributed by atoms with Gasteiger partial charge in [-0.25, -0.2) is 0 Å². The molecule has 0 amide bonds. The Morgan fingerprint density at radius 3 is 0.667 bits per heavy atom. The standard InChI is InChI=1S/C21H20P.4BF4/c1-4-10-18(11-5-1)22(21-16-17-21,19-12-6-2-7-13-19)20-14-8-3-9-15-20;4*2-1(3,4)5/h1-15,21H,16-17H2;;;;/q+1;4*-1. The van der Waals surface area contributed by atoms with Gasteiger partial charge in [0, 0.05) is 0 Å². The largest absolute Gasteiger partial charge is 0.673 e. The summed E-state index contributed by atoms with van der Waals surface area (Å²) in [4.78, 5) is 0. The van der Waals surface area contributed by atoms with E-state index in [1.807, 2.05) is 0 Å². The van der Waals surface area contributed by atoms with Crippen molar-refractivity contribution in [2.24, 2.45) is 0 Å². The summed E-state index contributed by atoms with van der Waals surface area (Å²) in [5.41, 5.74) is 0.805. The fourth-order valence-electron chi connectivity index (χ4n) is 3.53. The number of rotatable bonds is 4. The molecular weight excluding hydrogens is 630 g/mol. The molecule has 0 nitrogen and oxygen atoms in total. The quantitative estimate of drug-likeness (QED) is 0.150. The summed E-state index contributed by atoms with van der Waals surface area (Å²) in [6, 6.07) is 33.6. The molecule has 0 spiro atoms. The highest BCUT2D eigenvalue weighted by molar-refractivity contribution is 7.96. The zero-order chi connectivity index (χ0) is 32.8. The molecule has 0 aliphatic heterocycles. The number of hydrogen-bond acceptors (Lipinski definition) is 0. The van der Waals surface area contributed by atoms with E-state index in [0.29, 0.717) is 0 Å². The molecule has 0 N–H and O–H groups in total. The highest BCUT2D eigenvalue weighted by atomic mass is 31.2. The van der Waals surface area contributed by atoms with Gasteiger partial charge in [-0.15, -0.1) is 0 Å². The van der Waals surface area contributed by atoms with Crippen molar-refractivity contribution >= 4 is 52.2 Å². The zero-order valence-corrected chi connectivity index (χ0v) is 21.9. The second kappa shape index (κ2) is 16.8. The van der Waals surface area contributed by atoms with E-state index in [2.05, 4.69) is 91.0 Å². The third kappa shape index (κ3) is 21.0. The van der Waals surface area contributed by atoms with Crippen LogP contribution < -0.4 is 15.9 Å². The van der Waals surface area contributed by atoms with Crippen molar-refractivity contribution in [1.82, 2.24) is 0 Å². The minimum Gasteiger partial charge on any atom is -0.418 e. The van der Waals surface area contributed by atoms with Crippen molar-refractivity contribution < 1.29 is 69.1 Å². The molecule has 3 aromatic rings. The summed E-state index contributed by atoms with van der Waals surface area (Å²) < 4.78 is 156. The van der Waals surface area contributed by atoms with Crippen molar-refractivity contribution in [1.29, 1.82) is 0 Å². The van der Waals surface area contributed by atoms with E-state index in [-0.39, 0.29) is 0 Å². The van der Waals surface area contributed by atoms with Gasteiger partial charge in [-0.1, -0.05) is 54.6 Å². The van der Waals surface area contributed by atoms with Crippen LogP contribution >= 0.6 is 7.26 Å². The van der Waals surface area contributed by atoms with Crippen LogP contribution in [0.5, 0.6) is 0 Å². The first kappa shape index (κ1) is 39.2. The lowest BCUT2D eigenvalue weighted by atomic mass is 10.3. The van der Waals surface area contributed by atoms with Crippen molar-refractivity contribution in [3.8, 4) is 0 Å². The molecule has 0 saturated heterocycles. The van der Waals surface area contributed by atoms with E-state index < -0.39 is 36.3 Å². The lowest BCUT2D eigenvalue weighted by Crippen LogP contribution is -2.34. The molecule has 0 unspecified atom stereocenters. The van der Waals surface area contributed by atoms with Gasteiger partial charge in [0.15, 0.2) is 0 Å². The third-order valence-corrected chi connectivity index (χ3v) is 9.53. The van der Waals surface area contributed by atoms with Gasteiger partial charge in [0.25, 0.3) is 0 Å². The fourth-order valence-corrected chi connectivity index (χ4v) is 8.54. The van der Waals surface area contributed by atoms with Crippen LogP contribution in [0.4, 0.5) is 69.1 Å². The topological polar surface area (TPSA) is 0 Å². The van der Waals surface area contributed by atoms with Crippen molar-refractivity contribution in [2.45, 2.75) is 18.5 Å². The van der Waals surface area contributed by atoms with Crippen LogP contribution in [-0.2, 0) is 0 Å². The molecule has 0 bridgehead atoms. The Bertz CT molecular complexity index is 952. The van der Waals surface area contributed by atoms with Crippen molar-refractivity contribution in [3.63, 3.8) is 0 Å². The van der Waals surface area contributed by atoms with Crippen LogP contribution in [0.25, 0.3) is 0 Å². The molecule has 0 heterocycles. The minimum absolute atomic E-state index is 0.805. The first-order valence-electron chi connectivity index (χ1n) is 11.5. The van der Waals surface area contributed by atoms with E-state index in [4.69, 9.17) is 0 Å². The lowest BCUT2D eigenvalue weighted by molar-refractivity contribution is 0.366. The predicted molar refractivity (Wildman–Crippen MR) is 139 cm³/mol. The average Bonchev–Trinajstić information content (AvgIpc) is 3.63. The van der Waals surface area contributed by atoms with Gasteiger partial charge >= 0.3 is 29.0 Å². The molecular formula is C21H20B4F16P-3. The van der Waals surface area contributed by atoms with E-state index in [1.165, 1.54) is 28.8 Å². The van der Waals surface area contributed by atoms with Gasteiger partial charge in [-0.3, -0.25) is 0 Å². The Morgan fingerprint density at radius 1 is 0.357 bits per heavy atom. The summed E-state index contributed by atoms with van der Waals surface area (Å²) in [5, 5.41) is 4.57. The highest BCUT2D eigenvalue weighted by Crippen LogP contribution is 2.67. The van der Waals surface area contributed by atoms with Crippen LogP contribution in [0.2, 0.25) is 0 Å². The van der Waals surface area contributed by atoms with Crippen molar-refractivity contribution in [2.75, 3.05) is 0 Å². The molecule has 0 aromatic heterocycles. The van der Waals surface area contributed by atoms with E-state index in [9.17, 15) is 69.1 Å². The fraction of sp³-hybridized carbons (Fsp3) is 0.143. The average molecular weight is 651 g/mol. The number of hydrogen-bond donors (Lipinski definition) is 0. The Balaban J connectivity index is 0.000000690. The summed E-state index contributed by atoms with van der Waals surface area (Å²) in [7, 11) is -25.5. The van der Waals surface area contributed by atoms with Gasteiger partial charge in [-0.2, -0.15) is 0 Å². The molecule has 4 rings (SSSR count). The molecule has 0 radical (unpaired) electrons. The molecule has 1 aliphatic carbocycles. The molecule has 0 atom stereocenters. The van der Waals surface area contributed by atoms with Crippen LogP contribution in [0.15, 0.2) is 91.0 Å². The maximum Gasteiger partial charge on any atom is 0.673 e. The summed E-state index contributed by atoms with van der Waals surface area (Å²) >= 11 is 0. The lowest BCUT2D eigenvalue weighted by Gasteiger charge is -2.27. The van der Waals surface area contributed by atoms with Crippen LogP contribution in [0, 0.1) is 0 Å². The van der Waals surface area contributed by atoms with Gasteiger partial charge in [0.1, 0.15) is 23.2 Å². The maximum atomic E-state index is 9.75. The Kier molecular flexibility index (Phi) is 15.7. The molecule has 42 heavy (non-hydrogen) atoms. The highest BCUT2D eigenvalue weighted by Gasteiger charge is 2.57. The predicted octanol–water partition coefficient (Wildman–Crippen LogP) is 9.34. The molecule has 1 fully saturated rings. The van der Waals surface area contributed by atoms with E-state index >= 15 is 0 Å². The zero-order valence-electron chi connectivity index (χ0n) is 21.0. The molecule has 1 saturated carbocycles. The normalized spacial score (nSPS) is 13.4. The molecule has 236 valence electrons. The third-order valence-electron chi connectivity index (χ3n) is 4.58. The molecule has 1 aliphatic rings.